The van der Waals surface area contributed by atoms with Gasteiger partial charge in [0.05, 0.1) is 0 Å². The summed E-state index contributed by atoms with van der Waals surface area (Å²) in [5.41, 5.74) is -0.445. The van der Waals surface area contributed by atoms with E-state index in [0.717, 1.165) is 25.7 Å². The maximum atomic E-state index is 11.6. The van der Waals surface area contributed by atoms with Crippen LogP contribution in [0, 0.1) is 0 Å². The smallest absolute Gasteiger partial charge is 0.323 e. The van der Waals surface area contributed by atoms with Crippen molar-refractivity contribution >= 4 is 11.9 Å². The lowest BCUT2D eigenvalue weighted by Gasteiger charge is -2.09. The molecule has 2 saturated carbocycles. The highest BCUT2D eigenvalue weighted by atomic mass is 16.2. The molecule has 1 aliphatic heterocycles. The summed E-state index contributed by atoms with van der Waals surface area (Å²) in [5, 5.41) is 2.76. The van der Waals surface area contributed by atoms with Crippen molar-refractivity contribution in [1.29, 1.82) is 0 Å². The van der Waals surface area contributed by atoms with Gasteiger partial charge in [-0.2, -0.15) is 0 Å². The Kier molecular flexibility index (Phi) is 0.888. The van der Waals surface area contributed by atoms with Crippen molar-refractivity contribution in [1.82, 2.24) is 10.2 Å². The molecule has 0 aromatic carbocycles. The van der Waals surface area contributed by atoms with Gasteiger partial charge in [0, 0.05) is 6.04 Å². The summed E-state index contributed by atoms with van der Waals surface area (Å²) in [6, 6.07) is 0.0532. The molecule has 2 aliphatic carbocycles. The van der Waals surface area contributed by atoms with Gasteiger partial charge in [-0.3, -0.25) is 9.69 Å². The predicted molar refractivity (Wildman–Crippen MR) is 40.4 cm³/mol. The Balaban J connectivity index is 1.93. The SMILES string of the molecule is O=C1NC2(CC2)C(=O)N1C1CC1. The highest BCUT2D eigenvalue weighted by Gasteiger charge is 2.61. The van der Waals surface area contributed by atoms with E-state index in [0.29, 0.717) is 0 Å². The third kappa shape index (κ3) is 0.629. The monoisotopic (exact) mass is 166 g/mol. The van der Waals surface area contributed by atoms with Crippen molar-refractivity contribution in [3.63, 3.8) is 0 Å². The molecule has 0 aromatic heterocycles. The van der Waals surface area contributed by atoms with Crippen LogP contribution in [0.2, 0.25) is 0 Å². The lowest BCUT2D eigenvalue weighted by Crippen LogP contribution is -2.34. The number of nitrogens with zero attached hydrogens (tertiary/aromatic N) is 1. The predicted octanol–water partition coefficient (Wildman–Crippen LogP) is 0.233. The Morgan fingerprint density at radius 3 is 2.42 bits per heavy atom. The molecule has 3 fully saturated rings. The molecule has 3 rings (SSSR count). The van der Waals surface area contributed by atoms with Crippen molar-refractivity contribution in [2.75, 3.05) is 0 Å². The van der Waals surface area contributed by atoms with Crippen molar-refractivity contribution in [3.05, 3.63) is 0 Å². The topological polar surface area (TPSA) is 49.4 Å². The summed E-state index contributed by atoms with van der Waals surface area (Å²) in [5.74, 6) is 0.0231. The number of amides is 3. The molecule has 0 atom stereocenters. The van der Waals surface area contributed by atoms with Gasteiger partial charge in [-0.15, -0.1) is 0 Å². The Hall–Kier alpha value is -1.06. The molecule has 1 heterocycles. The minimum Gasteiger partial charge on any atom is -0.323 e. The van der Waals surface area contributed by atoms with Crippen molar-refractivity contribution in [2.45, 2.75) is 37.3 Å². The summed E-state index contributed by atoms with van der Waals surface area (Å²) in [4.78, 5) is 24.4. The zero-order valence-electron chi connectivity index (χ0n) is 6.67. The number of imide groups is 1. The van der Waals surface area contributed by atoms with Crippen LogP contribution in [0.15, 0.2) is 0 Å². The van der Waals surface area contributed by atoms with Crippen LogP contribution in [0.1, 0.15) is 25.7 Å². The van der Waals surface area contributed by atoms with E-state index >= 15 is 0 Å². The quantitative estimate of drug-likeness (QED) is 0.567. The lowest BCUT2D eigenvalue weighted by molar-refractivity contribution is -0.128. The Labute approximate surface area is 69.9 Å². The number of urea groups is 1. The molecule has 0 unspecified atom stereocenters. The first kappa shape index (κ1) is 6.46. The Morgan fingerprint density at radius 1 is 1.33 bits per heavy atom. The third-order valence-electron chi connectivity index (χ3n) is 2.86. The summed E-state index contributed by atoms with van der Waals surface area (Å²) in [7, 11) is 0. The number of carbonyl (C=O) groups is 2. The van der Waals surface area contributed by atoms with Crippen LogP contribution in [0.25, 0.3) is 0 Å². The van der Waals surface area contributed by atoms with Crippen LogP contribution in [-0.4, -0.2) is 28.4 Å². The van der Waals surface area contributed by atoms with E-state index in [4.69, 9.17) is 0 Å². The van der Waals surface area contributed by atoms with Gasteiger partial charge < -0.3 is 5.32 Å². The summed E-state index contributed by atoms with van der Waals surface area (Å²) in [6.45, 7) is 0. The average molecular weight is 166 g/mol. The standard InChI is InChI=1S/C8H10N2O2/c11-6-8(3-4-8)9-7(12)10(6)5-1-2-5/h5H,1-4H2,(H,9,12). The third-order valence-corrected chi connectivity index (χ3v) is 2.86. The van der Waals surface area contributed by atoms with Gasteiger partial charge in [0.1, 0.15) is 5.54 Å². The van der Waals surface area contributed by atoms with Crippen LogP contribution in [0.3, 0.4) is 0 Å². The van der Waals surface area contributed by atoms with E-state index in [-0.39, 0.29) is 18.0 Å². The molecule has 12 heavy (non-hydrogen) atoms. The van der Waals surface area contributed by atoms with Gasteiger partial charge in [0.15, 0.2) is 0 Å². The number of hydrogen-bond donors (Lipinski definition) is 1. The van der Waals surface area contributed by atoms with E-state index in [9.17, 15) is 9.59 Å². The van der Waals surface area contributed by atoms with E-state index in [1.165, 1.54) is 4.90 Å². The zero-order chi connectivity index (χ0) is 8.34. The molecule has 0 radical (unpaired) electrons. The number of hydrogen-bond acceptors (Lipinski definition) is 2. The second-order valence-electron chi connectivity index (χ2n) is 3.92. The molecule has 4 nitrogen and oxygen atoms in total. The first-order valence-electron chi connectivity index (χ1n) is 4.39. The van der Waals surface area contributed by atoms with Crippen LogP contribution in [-0.2, 0) is 4.79 Å². The van der Waals surface area contributed by atoms with E-state index in [1.807, 2.05) is 0 Å². The Morgan fingerprint density at radius 2 is 2.00 bits per heavy atom. The molecule has 3 amide bonds. The number of carbonyl (C=O) groups excluding carboxylic acids is 2. The fraction of sp³-hybridized carbons (Fsp3) is 0.750. The van der Waals surface area contributed by atoms with Crippen molar-refractivity contribution in [2.24, 2.45) is 0 Å². The first-order valence-corrected chi connectivity index (χ1v) is 4.39. The first-order chi connectivity index (χ1) is 5.73. The molecule has 1 saturated heterocycles. The zero-order valence-corrected chi connectivity index (χ0v) is 6.67. The molecule has 64 valence electrons. The van der Waals surface area contributed by atoms with Gasteiger partial charge in [-0.25, -0.2) is 4.79 Å². The summed E-state index contributed by atoms with van der Waals surface area (Å²) >= 11 is 0. The molecular formula is C8H10N2O2. The minimum atomic E-state index is -0.445. The second-order valence-corrected chi connectivity index (χ2v) is 3.92. The van der Waals surface area contributed by atoms with E-state index in [2.05, 4.69) is 5.32 Å². The van der Waals surface area contributed by atoms with E-state index in [1.54, 1.807) is 0 Å². The fourth-order valence-electron chi connectivity index (χ4n) is 1.77. The van der Waals surface area contributed by atoms with Crippen LogP contribution in [0.4, 0.5) is 4.79 Å². The van der Waals surface area contributed by atoms with Crippen LogP contribution >= 0.6 is 0 Å². The molecule has 0 aromatic rings. The van der Waals surface area contributed by atoms with Crippen molar-refractivity contribution < 1.29 is 9.59 Å². The minimum absolute atomic E-state index is 0.0231. The summed E-state index contributed by atoms with van der Waals surface area (Å²) in [6.07, 6.45) is 3.66. The van der Waals surface area contributed by atoms with Gasteiger partial charge >= 0.3 is 6.03 Å². The molecular weight excluding hydrogens is 156 g/mol. The second kappa shape index (κ2) is 1.65. The van der Waals surface area contributed by atoms with Crippen LogP contribution < -0.4 is 5.32 Å². The van der Waals surface area contributed by atoms with Gasteiger partial charge in [0.25, 0.3) is 5.91 Å². The molecule has 1 N–H and O–H groups in total. The highest BCUT2D eigenvalue weighted by Crippen LogP contribution is 2.44. The van der Waals surface area contributed by atoms with Gasteiger partial charge in [-0.1, -0.05) is 0 Å². The van der Waals surface area contributed by atoms with Crippen molar-refractivity contribution in [3.8, 4) is 0 Å². The van der Waals surface area contributed by atoms with Crippen LogP contribution in [0.5, 0.6) is 0 Å². The molecule has 4 heteroatoms. The maximum absolute atomic E-state index is 11.6. The summed E-state index contributed by atoms with van der Waals surface area (Å²) < 4.78 is 0. The van der Waals surface area contributed by atoms with Gasteiger partial charge in [0.2, 0.25) is 0 Å². The lowest BCUT2D eigenvalue weighted by atomic mass is 10.3. The Bertz CT molecular complexity index is 279. The molecule has 0 bridgehead atoms. The molecule has 3 aliphatic rings. The van der Waals surface area contributed by atoms with E-state index < -0.39 is 5.54 Å². The van der Waals surface area contributed by atoms with Gasteiger partial charge in [-0.05, 0) is 25.7 Å². The number of nitrogens with one attached hydrogen (secondary N) is 1. The maximum Gasteiger partial charge on any atom is 0.325 e. The average Bonchev–Trinajstić information content (AvgIpc) is 2.81. The highest BCUT2D eigenvalue weighted by molar-refractivity contribution is 6.09. The number of rotatable bonds is 1. The fourth-order valence-corrected chi connectivity index (χ4v) is 1.77. The molecule has 1 spiro atoms. The largest absolute Gasteiger partial charge is 0.325 e. The normalized spacial score (nSPS) is 31.2.